The monoisotopic (exact) mass is 262 g/mol. The quantitative estimate of drug-likeness (QED) is 0.581. The summed E-state index contributed by atoms with van der Waals surface area (Å²) in [5.41, 5.74) is -0.120. The van der Waals surface area contributed by atoms with Crippen molar-refractivity contribution in [2.75, 3.05) is 13.7 Å². The van der Waals surface area contributed by atoms with E-state index >= 15 is 0 Å². The van der Waals surface area contributed by atoms with Crippen molar-refractivity contribution in [3.8, 4) is 17.6 Å². The molecule has 0 spiro atoms. The van der Waals surface area contributed by atoms with Crippen LogP contribution in [0.4, 0.5) is 5.69 Å². The molecular formula is C13H14N2O4. The van der Waals surface area contributed by atoms with Gasteiger partial charge in [-0.25, -0.2) is 0 Å². The van der Waals surface area contributed by atoms with Crippen LogP contribution in [0.2, 0.25) is 0 Å². The van der Waals surface area contributed by atoms with Gasteiger partial charge in [0.05, 0.1) is 30.8 Å². The first-order valence-corrected chi connectivity index (χ1v) is 5.92. The summed E-state index contributed by atoms with van der Waals surface area (Å²) >= 11 is 0. The Labute approximate surface area is 110 Å². The molecule has 0 atom stereocenters. The maximum atomic E-state index is 10.7. The van der Waals surface area contributed by atoms with Crippen LogP contribution in [0, 0.1) is 26.9 Å². The van der Waals surface area contributed by atoms with Crippen molar-refractivity contribution >= 4 is 5.69 Å². The SMILES string of the molecule is COc1ccc([N+](=O)[O-])cc1OCC1(CC#N)CC1. The van der Waals surface area contributed by atoms with E-state index < -0.39 is 4.92 Å². The largest absolute Gasteiger partial charge is 0.493 e. The highest BCUT2D eigenvalue weighted by Crippen LogP contribution is 2.49. The van der Waals surface area contributed by atoms with Crippen LogP contribution in [0.3, 0.4) is 0 Å². The molecule has 1 fully saturated rings. The summed E-state index contributed by atoms with van der Waals surface area (Å²) in [7, 11) is 1.48. The predicted octanol–water partition coefficient (Wildman–Crippen LogP) is 2.68. The van der Waals surface area contributed by atoms with Gasteiger partial charge in [-0.1, -0.05) is 0 Å². The van der Waals surface area contributed by atoms with Crippen LogP contribution in [0.5, 0.6) is 11.5 Å². The summed E-state index contributed by atoms with van der Waals surface area (Å²) in [5.74, 6) is 0.805. The number of methoxy groups -OCH3 is 1. The second-order valence-corrected chi connectivity index (χ2v) is 4.72. The molecule has 100 valence electrons. The fraction of sp³-hybridized carbons (Fsp3) is 0.462. The van der Waals surface area contributed by atoms with Gasteiger partial charge >= 0.3 is 0 Å². The lowest BCUT2D eigenvalue weighted by molar-refractivity contribution is -0.385. The molecule has 0 amide bonds. The highest BCUT2D eigenvalue weighted by atomic mass is 16.6. The molecule has 1 saturated carbocycles. The van der Waals surface area contributed by atoms with Crippen molar-refractivity contribution in [3.05, 3.63) is 28.3 Å². The van der Waals surface area contributed by atoms with E-state index in [1.54, 1.807) is 0 Å². The van der Waals surface area contributed by atoms with Crippen LogP contribution in [-0.2, 0) is 0 Å². The van der Waals surface area contributed by atoms with Gasteiger partial charge in [-0.2, -0.15) is 5.26 Å². The number of nitrogens with zero attached hydrogens (tertiary/aromatic N) is 2. The molecule has 19 heavy (non-hydrogen) atoms. The Morgan fingerprint density at radius 3 is 2.74 bits per heavy atom. The van der Waals surface area contributed by atoms with Gasteiger partial charge in [-0.15, -0.1) is 0 Å². The second kappa shape index (κ2) is 5.14. The molecule has 0 bridgehead atoms. The van der Waals surface area contributed by atoms with Gasteiger partial charge in [0.1, 0.15) is 0 Å². The Bertz CT molecular complexity index is 532. The molecule has 0 aromatic heterocycles. The topological polar surface area (TPSA) is 85.4 Å². The number of ether oxygens (including phenoxy) is 2. The zero-order valence-corrected chi connectivity index (χ0v) is 10.6. The summed E-state index contributed by atoms with van der Waals surface area (Å²) < 4.78 is 10.7. The molecule has 6 nitrogen and oxygen atoms in total. The van der Waals surface area contributed by atoms with Crippen molar-refractivity contribution in [2.24, 2.45) is 5.41 Å². The third-order valence-electron chi connectivity index (χ3n) is 3.30. The lowest BCUT2D eigenvalue weighted by atomic mass is 10.1. The number of hydrogen-bond acceptors (Lipinski definition) is 5. The number of non-ortho nitro benzene ring substituents is 1. The molecule has 0 N–H and O–H groups in total. The Balaban J connectivity index is 2.12. The summed E-state index contributed by atoms with van der Waals surface area (Å²) in [6, 6.07) is 6.37. The van der Waals surface area contributed by atoms with Crippen molar-refractivity contribution in [3.63, 3.8) is 0 Å². The number of benzene rings is 1. The lowest BCUT2D eigenvalue weighted by Crippen LogP contribution is -2.12. The molecule has 6 heteroatoms. The fourth-order valence-electron chi connectivity index (χ4n) is 1.84. The van der Waals surface area contributed by atoms with Gasteiger partial charge in [0.25, 0.3) is 5.69 Å². The van der Waals surface area contributed by atoms with E-state index in [9.17, 15) is 10.1 Å². The van der Waals surface area contributed by atoms with Crippen LogP contribution in [0.1, 0.15) is 19.3 Å². The highest BCUT2D eigenvalue weighted by molar-refractivity contribution is 5.48. The smallest absolute Gasteiger partial charge is 0.273 e. The first kappa shape index (κ1) is 13.1. The minimum absolute atomic E-state index is 0.0408. The minimum atomic E-state index is -0.478. The summed E-state index contributed by atoms with van der Waals surface area (Å²) in [5, 5.41) is 19.5. The normalized spacial score (nSPS) is 15.4. The Hall–Kier alpha value is -2.29. The first-order chi connectivity index (χ1) is 9.10. The molecule has 0 radical (unpaired) electrons. The molecule has 0 heterocycles. The van der Waals surface area contributed by atoms with Crippen molar-refractivity contribution in [1.29, 1.82) is 5.26 Å². The highest BCUT2D eigenvalue weighted by Gasteiger charge is 2.43. The van der Waals surface area contributed by atoms with E-state index in [1.165, 1.54) is 25.3 Å². The third-order valence-corrected chi connectivity index (χ3v) is 3.30. The minimum Gasteiger partial charge on any atom is -0.493 e. The van der Waals surface area contributed by atoms with Gasteiger partial charge in [-0.05, 0) is 18.9 Å². The van der Waals surface area contributed by atoms with E-state index in [4.69, 9.17) is 14.7 Å². The molecule has 1 aromatic rings. The van der Waals surface area contributed by atoms with E-state index in [0.29, 0.717) is 24.5 Å². The van der Waals surface area contributed by atoms with Crippen LogP contribution in [0.25, 0.3) is 0 Å². The van der Waals surface area contributed by atoms with Crippen molar-refractivity contribution < 1.29 is 14.4 Å². The van der Waals surface area contributed by atoms with E-state index in [2.05, 4.69) is 6.07 Å². The third kappa shape index (κ3) is 2.94. The molecule has 1 aliphatic rings. The van der Waals surface area contributed by atoms with Crippen LogP contribution >= 0.6 is 0 Å². The lowest BCUT2D eigenvalue weighted by Gasteiger charge is -2.14. The number of rotatable bonds is 6. The predicted molar refractivity (Wildman–Crippen MR) is 67.0 cm³/mol. The van der Waals surface area contributed by atoms with Gasteiger partial charge in [-0.3, -0.25) is 10.1 Å². The zero-order valence-electron chi connectivity index (χ0n) is 10.6. The molecule has 1 aromatic carbocycles. The van der Waals surface area contributed by atoms with E-state index in [-0.39, 0.29) is 11.1 Å². The second-order valence-electron chi connectivity index (χ2n) is 4.72. The summed E-state index contributed by atoms with van der Waals surface area (Å²) in [6.45, 7) is 0.387. The van der Waals surface area contributed by atoms with Gasteiger partial charge < -0.3 is 9.47 Å². The zero-order chi connectivity index (χ0) is 13.9. The molecule has 2 rings (SSSR count). The average Bonchev–Trinajstić information content (AvgIpc) is 3.16. The average molecular weight is 262 g/mol. The maximum absolute atomic E-state index is 10.7. The number of hydrogen-bond donors (Lipinski definition) is 0. The standard InChI is InChI=1S/C13H14N2O4/c1-18-11-3-2-10(15(16)17)8-12(11)19-9-13(4-5-13)6-7-14/h2-3,8H,4-6,9H2,1H3. The fourth-order valence-corrected chi connectivity index (χ4v) is 1.84. The Morgan fingerprint density at radius 2 is 2.21 bits per heavy atom. The number of nitro benzene ring substituents is 1. The van der Waals surface area contributed by atoms with Crippen molar-refractivity contribution in [1.82, 2.24) is 0 Å². The molecular weight excluding hydrogens is 248 g/mol. The molecule has 1 aliphatic carbocycles. The first-order valence-electron chi connectivity index (χ1n) is 5.92. The van der Waals surface area contributed by atoms with E-state index in [0.717, 1.165) is 12.8 Å². The van der Waals surface area contributed by atoms with Gasteiger partial charge in [0, 0.05) is 17.9 Å². The van der Waals surface area contributed by atoms with Gasteiger partial charge in [0.2, 0.25) is 0 Å². The van der Waals surface area contributed by atoms with Crippen LogP contribution in [-0.4, -0.2) is 18.6 Å². The molecule has 0 unspecified atom stereocenters. The van der Waals surface area contributed by atoms with Crippen molar-refractivity contribution in [2.45, 2.75) is 19.3 Å². The number of nitriles is 1. The maximum Gasteiger partial charge on any atom is 0.273 e. The van der Waals surface area contributed by atoms with Gasteiger partial charge in [0.15, 0.2) is 11.5 Å². The van der Waals surface area contributed by atoms with E-state index in [1.807, 2.05) is 0 Å². The molecule has 0 saturated heterocycles. The van der Waals surface area contributed by atoms with Crippen LogP contribution < -0.4 is 9.47 Å². The van der Waals surface area contributed by atoms with Crippen LogP contribution in [0.15, 0.2) is 18.2 Å². The molecule has 0 aliphatic heterocycles. The summed E-state index contributed by atoms with van der Waals surface area (Å²) in [4.78, 5) is 10.3. The Morgan fingerprint density at radius 1 is 1.47 bits per heavy atom. The number of nitro groups is 1. The summed E-state index contributed by atoms with van der Waals surface area (Å²) in [6.07, 6.45) is 2.36. The Kier molecular flexibility index (Phi) is 3.56.